The molecule has 0 unspecified atom stereocenters. The number of carbonyl (C=O) groups excluding carboxylic acids is 2. The third-order valence-corrected chi connectivity index (χ3v) is 3.64. The van der Waals surface area contributed by atoms with Gasteiger partial charge < -0.3 is 19.9 Å². The lowest BCUT2D eigenvalue weighted by Crippen LogP contribution is -2.49. The van der Waals surface area contributed by atoms with Crippen LogP contribution in [0.3, 0.4) is 0 Å². The van der Waals surface area contributed by atoms with E-state index in [2.05, 4.69) is 9.64 Å². The first-order valence-electron chi connectivity index (χ1n) is 7.70. The predicted molar refractivity (Wildman–Crippen MR) is 88.4 cm³/mol. The lowest BCUT2D eigenvalue weighted by molar-refractivity contribution is -0.135. The van der Waals surface area contributed by atoms with E-state index in [0.29, 0.717) is 26.3 Å². The first kappa shape index (κ1) is 18.0. The number of benzene rings is 1. The molecule has 7 nitrogen and oxygen atoms in total. The average molecular weight is 334 g/mol. The zero-order chi connectivity index (χ0) is 17.4. The number of nitrogens with zero attached hydrogens (tertiary/aromatic N) is 1. The van der Waals surface area contributed by atoms with Gasteiger partial charge in [0.25, 0.3) is 0 Å². The van der Waals surface area contributed by atoms with Crippen LogP contribution < -0.4 is 10.5 Å². The van der Waals surface area contributed by atoms with Crippen LogP contribution in [0.25, 0.3) is 6.08 Å². The Hall–Kier alpha value is -2.38. The maximum atomic E-state index is 11.1. The molecule has 1 amide bonds. The minimum Gasteiger partial charge on any atom is -0.492 e. The van der Waals surface area contributed by atoms with Crippen molar-refractivity contribution in [2.75, 3.05) is 40.0 Å². The van der Waals surface area contributed by atoms with E-state index in [9.17, 15) is 9.59 Å². The predicted octanol–water partition coefficient (Wildman–Crippen LogP) is 0.438. The topological polar surface area (TPSA) is 91.1 Å². The number of methoxy groups -OCH3 is 1. The van der Waals surface area contributed by atoms with Gasteiger partial charge in [-0.3, -0.25) is 9.69 Å². The van der Waals surface area contributed by atoms with Gasteiger partial charge in [0.15, 0.2) is 0 Å². The molecule has 0 aromatic heterocycles. The van der Waals surface area contributed by atoms with Crippen LogP contribution in [-0.2, 0) is 19.1 Å². The Kier molecular flexibility index (Phi) is 6.77. The number of esters is 1. The largest absolute Gasteiger partial charge is 0.492 e. The summed E-state index contributed by atoms with van der Waals surface area (Å²) in [4.78, 5) is 24.3. The zero-order valence-corrected chi connectivity index (χ0v) is 13.6. The zero-order valence-electron chi connectivity index (χ0n) is 13.6. The number of carbonyl (C=O) groups is 2. The van der Waals surface area contributed by atoms with Gasteiger partial charge in [0.05, 0.1) is 13.7 Å². The summed E-state index contributed by atoms with van der Waals surface area (Å²) in [5, 5.41) is 0. The van der Waals surface area contributed by atoms with E-state index in [4.69, 9.17) is 15.2 Å². The van der Waals surface area contributed by atoms with Crippen molar-refractivity contribution >= 4 is 18.0 Å². The molecule has 130 valence electrons. The number of nitrogens with two attached hydrogens (primary N) is 1. The Balaban J connectivity index is 1.75. The SMILES string of the molecule is COC(=O)/C=C/c1ccc(OCCN2CCO[C@H](C(N)=O)C2)cc1. The van der Waals surface area contributed by atoms with Crippen molar-refractivity contribution in [1.82, 2.24) is 4.90 Å². The summed E-state index contributed by atoms with van der Waals surface area (Å²) in [6.45, 7) is 2.94. The fraction of sp³-hybridized carbons (Fsp3) is 0.412. The van der Waals surface area contributed by atoms with Crippen LogP contribution in [0.5, 0.6) is 5.75 Å². The highest BCUT2D eigenvalue weighted by atomic mass is 16.5. The van der Waals surface area contributed by atoms with Crippen molar-refractivity contribution in [2.24, 2.45) is 5.73 Å². The van der Waals surface area contributed by atoms with E-state index in [1.807, 2.05) is 24.3 Å². The molecule has 0 radical (unpaired) electrons. The van der Waals surface area contributed by atoms with Gasteiger partial charge in [-0.05, 0) is 23.8 Å². The second kappa shape index (κ2) is 9.05. The van der Waals surface area contributed by atoms with E-state index >= 15 is 0 Å². The number of amides is 1. The Morgan fingerprint density at radius 1 is 1.38 bits per heavy atom. The fourth-order valence-electron chi connectivity index (χ4n) is 2.28. The van der Waals surface area contributed by atoms with Crippen LogP contribution >= 0.6 is 0 Å². The Labute approximate surface area is 141 Å². The summed E-state index contributed by atoms with van der Waals surface area (Å²) in [6, 6.07) is 7.38. The summed E-state index contributed by atoms with van der Waals surface area (Å²) >= 11 is 0. The molecule has 0 aliphatic carbocycles. The molecule has 1 saturated heterocycles. The number of hydrogen-bond acceptors (Lipinski definition) is 6. The molecule has 1 atom stereocenters. The molecule has 0 spiro atoms. The van der Waals surface area contributed by atoms with Crippen molar-refractivity contribution in [3.63, 3.8) is 0 Å². The fourth-order valence-corrected chi connectivity index (χ4v) is 2.28. The van der Waals surface area contributed by atoms with Crippen molar-refractivity contribution in [2.45, 2.75) is 6.10 Å². The maximum Gasteiger partial charge on any atom is 0.330 e. The van der Waals surface area contributed by atoms with Crippen molar-refractivity contribution in [3.05, 3.63) is 35.9 Å². The third-order valence-electron chi connectivity index (χ3n) is 3.64. The maximum absolute atomic E-state index is 11.1. The molecule has 0 saturated carbocycles. The smallest absolute Gasteiger partial charge is 0.330 e. The first-order valence-corrected chi connectivity index (χ1v) is 7.70. The van der Waals surface area contributed by atoms with Gasteiger partial charge in [-0.25, -0.2) is 4.79 Å². The Morgan fingerprint density at radius 2 is 2.12 bits per heavy atom. The summed E-state index contributed by atoms with van der Waals surface area (Å²) in [6.07, 6.45) is 2.50. The molecule has 1 heterocycles. The van der Waals surface area contributed by atoms with Crippen molar-refractivity contribution in [3.8, 4) is 5.75 Å². The number of primary amides is 1. The standard InChI is InChI=1S/C17H22N2O5/c1-22-16(20)7-4-13-2-5-14(6-3-13)23-10-8-19-9-11-24-15(12-19)17(18)21/h2-7,15H,8-12H2,1H3,(H2,18,21)/b7-4+/t15-/m0/s1. The van der Waals surface area contributed by atoms with E-state index < -0.39 is 18.0 Å². The van der Waals surface area contributed by atoms with Crippen LogP contribution in [0, 0.1) is 0 Å². The monoisotopic (exact) mass is 334 g/mol. The molecule has 1 aromatic rings. The van der Waals surface area contributed by atoms with Crippen LogP contribution in [-0.4, -0.2) is 62.8 Å². The summed E-state index contributed by atoms with van der Waals surface area (Å²) in [5.41, 5.74) is 6.14. The van der Waals surface area contributed by atoms with Crippen molar-refractivity contribution in [1.29, 1.82) is 0 Å². The molecule has 2 N–H and O–H groups in total. The summed E-state index contributed by atoms with van der Waals surface area (Å²) in [7, 11) is 1.34. The molecule has 1 aliphatic rings. The van der Waals surface area contributed by atoms with Gasteiger partial charge in [0, 0.05) is 25.7 Å². The summed E-state index contributed by atoms with van der Waals surface area (Å²) < 4.78 is 15.5. The van der Waals surface area contributed by atoms with E-state index in [1.54, 1.807) is 6.08 Å². The van der Waals surface area contributed by atoms with E-state index in [0.717, 1.165) is 17.9 Å². The average Bonchev–Trinajstić information content (AvgIpc) is 2.61. The highest BCUT2D eigenvalue weighted by Crippen LogP contribution is 2.13. The van der Waals surface area contributed by atoms with Gasteiger partial charge >= 0.3 is 5.97 Å². The first-order chi connectivity index (χ1) is 11.6. The van der Waals surface area contributed by atoms with E-state index in [1.165, 1.54) is 13.2 Å². The van der Waals surface area contributed by atoms with Gasteiger partial charge in [-0.2, -0.15) is 0 Å². The highest BCUT2D eigenvalue weighted by Gasteiger charge is 2.24. The molecule has 1 aromatic carbocycles. The number of rotatable bonds is 7. The molecular weight excluding hydrogens is 312 g/mol. The molecular formula is C17H22N2O5. The molecule has 1 fully saturated rings. The van der Waals surface area contributed by atoms with Crippen LogP contribution in [0.2, 0.25) is 0 Å². The van der Waals surface area contributed by atoms with Crippen LogP contribution in [0.15, 0.2) is 30.3 Å². The van der Waals surface area contributed by atoms with E-state index in [-0.39, 0.29) is 0 Å². The van der Waals surface area contributed by atoms with Gasteiger partial charge in [-0.15, -0.1) is 0 Å². The number of ether oxygens (including phenoxy) is 3. The molecule has 7 heteroatoms. The second-order valence-corrected chi connectivity index (χ2v) is 5.34. The Morgan fingerprint density at radius 3 is 2.79 bits per heavy atom. The Bertz CT molecular complexity index is 585. The van der Waals surface area contributed by atoms with Crippen LogP contribution in [0.1, 0.15) is 5.56 Å². The highest BCUT2D eigenvalue weighted by molar-refractivity contribution is 5.86. The van der Waals surface area contributed by atoms with Crippen molar-refractivity contribution < 1.29 is 23.8 Å². The molecule has 1 aliphatic heterocycles. The molecule has 24 heavy (non-hydrogen) atoms. The van der Waals surface area contributed by atoms with Gasteiger partial charge in [-0.1, -0.05) is 12.1 Å². The molecule has 0 bridgehead atoms. The lowest BCUT2D eigenvalue weighted by atomic mass is 10.2. The normalized spacial score (nSPS) is 18.5. The quantitative estimate of drug-likeness (QED) is 0.575. The number of hydrogen-bond donors (Lipinski definition) is 1. The molecule has 2 rings (SSSR count). The van der Waals surface area contributed by atoms with Crippen LogP contribution in [0.4, 0.5) is 0 Å². The summed E-state index contributed by atoms with van der Waals surface area (Å²) in [5.74, 6) is -0.0868. The minimum atomic E-state index is -0.542. The van der Waals surface area contributed by atoms with Gasteiger partial charge in [0.1, 0.15) is 18.5 Å². The number of morpholine rings is 1. The third kappa shape index (κ3) is 5.68. The second-order valence-electron chi connectivity index (χ2n) is 5.34. The lowest BCUT2D eigenvalue weighted by Gasteiger charge is -2.31. The minimum absolute atomic E-state index is 0.393. The van der Waals surface area contributed by atoms with Gasteiger partial charge in [0.2, 0.25) is 5.91 Å².